The Labute approximate surface area is 71.9 Å². The van der Waals surface area contributed by atoms with E-state index in [0.29, 0.717) is 18.1 Å². The Morgan fingerprint density at radius 3 is 2.92 bits per heavy atom. The van der Waals surface area contributed by atoms with Gasteiger partial charge >= 0.3 is 0 Å². The van der Waals surface area contributed by atoms with Crippen LogP contribution in [-0.4, -0.2) is 19.0 Å². The minimum Gasteiger partial charge on any atom is -0.380 e. The standard InChI is InChI=1S/C10H12O2/c1-12-10-7-4-2-3-5-8(10)9(11)6-7/h2-5,7-8,10H,6H2,1H3. The van der Waals surface area contributed by atoms with Gasteiger partial charge in [-0.3, -0.25) is 4.79 Å². The van der Waals surface area contributed by atoms with E-state index in [2.05, 4.69) is 6.08 Å². The predicted octanol–water partition coefficient (Wildman–Crippen LogP) is 1.33. The van der Waals surface area contributed by atoms with Gasteiger partial charge < -0.3 is 4.74 Å². The SMILES string of the molecule is COC1C2C=CC=CC1C(=O)C2. The van der Waals surface area contributed by atoms with Crippen LogP contribution in [0.1, 0.15) is 6.42 Å². The van der Waals surface area contributed by atoms with E-state index in [9.17, 15) is 4.79 Å². The molecule has 0 aromatic rings. The van der Waals surface area contributed by atoms with Crippen molar-refractivity contribution in [3.63, 3.8) is 0 Å². The van der Waals surface area contributed by atoms with E-state index in [0.717, 1.165) is 0 Å². The third-order valence-electron chi connectivity index (χ3n) is 2.64. The van der Waals surface area contributed by atoms with Crippen molar-refractivity contribution in [3.8, 4) is 0 Å². The topological polar surface area (TPSA) is 26.3 Å². The summed E-state index contributed by atoms with van der Waals surface area (Å²) in [6.45, 7) is 0. The number of hydrogen-bond donors (Lipinski definition) is 0. The molecule has 0 saturated heterocycles. The maximum absolute atomic E-state index is 11.4. The molecule has 3 atom stereocenters. The van der Waals surface area contributed by atoms with Crippen molar-refractivity contribution in [3.05, 3.63) is 24.3 Å². The van der Waals surface area contributed by atoms with Crippen LogP contribution >= 0.6 is 0 Å². The van der Waals surface area contributed by atoms with Crippen LogP contribution in [0.25, 0.3) is 0 Å². The van der Waals surface area contributed by atoms with E-state index in [1.54, 1.807) is 7.11 Å². The smallest absolute Gasteiger partial charge is 0.143 e. The van der Waals surface area contributed by atoms with E-state index < -0.39 is 0 Å². The van der Waals surface area contributed by atoms with Gasteiger partial charge in [-0.15, -0.1) is 0 Å². The molecule has 0 spiro atoms. The van der Waals surface area contributed by atoms with Crippen LogP contribution in [-0.2, 0) is 9.53 Å². The zero-order valence-corrected chi connectivity index (χ0v) is 7.07. The molecule has 2 nitrogen and oxygen atoms in total. The molecular weight excluding hydrogens is 152 g/mol. The quantitative estimate of drug-likeness (QED) is 0.584. The van der Waals surface area contributed by atoms with Gasteiger partial charge in [0.05, 0.1) is 12.0 Å². The summed E-state index contributed by atoms with van der Waals surface area (Å²) in [5.41, 5.74) is 0. The first-order valence-electron chi connectivity index (χ1n) is 4.23. The van der Waals surface area contributed by atoms with Gasteiger partial charge in [-0.05, 0) is 0 Å². The second kappa shape index (κ2) is 2.87. The Morgan fingerprint density at radius 2 is 2.17 bits per heavy atom. The summed E-state index contributed by atoms with van der Waals surface area (Å²) in [6.07, 6.45) is 8.67. The van der Waals surface area contributed by atoms with E-state index in [4.69, 9.17) is 4.74 Å². The molecule has 0 N–H and O–H groups in total. The largest absolute Gasteiger partial charge is 0.380 e. The predicted molar refractivity (Wildman–Crippen MR) is 45.7 cm³/mol. The summed E-state index contributed by atoms with van der Waals surface area (Å²) in [4.78, 5) is 11.4. The molecule has 12 heavy (non-hydrogen) atoms. The number of carbonyl (C=O) groups excluding carboxylic acids is 1. The van der Waals surface area contributed by atoms with Crippen LogP contribution in [0, 0.1) is 11.8 Å². The molecular formula is C10H12O2. The normalized spacial score (nSPS) is 38.8. The minimum absolute atomic E-state index is 0.00463. The van der Waals surface area contributed by atoms with Crippen LogP contribution in [0.5, 0.6) is 0 Å². The fourth-order valence-electron chi connectivity index (χ4n) is 2.04. The highest BCUT2D eigenvalue weighted by Crippen LogP contribution is 2.34. The molecule has 64 valence electrons. The van der Waals surface area contributed by atoms with Crippen LogP contribution in [0.15, 0.2) is 24.3 Å². The number of allylic oxidation sites excluding steroid dienone is 2. The first kappa shape index (κ1) is 7.74. The minimum atomic E-state index is -0.00463. The number of methoxy groups -OCH3 is 1. The third kappa shape index (κ3) is 1.03. The first-order chi connectivity index (χ1) is 5.83. The van der Waals surface area contributed by atoms with Crippen molar-refractivity contribution in [1.82, 2.24) is 0 Å². The van der Waals surface area contributed by atoms with Crippen molar-refractivity contribution in [1.29, 1.82) is 0 Å². The molecule has 3 unspecified atom stereocenters. The number of Topliss-reactive ketones (excluding diaryl/α,β-unsaturated/α-hetero) is 1. The van der Waals surface area contributed by atoms with Crippen molar-refractivity contribution < 1.29 is 9.53 Å². The summed E-state index contributed by atoms with van der Waals surface area (Å²) >= 11 is 0. The van der Waals surface area contributed by atoms with Gasteiger partial charge in [0.1, 0.15) is 5.78 Å². The second-order valence-electron chi connectivity index (χ2n) is 3.33. The zero-order valence-electron chi connectivity index (χ0n) is 7.07. The molecule has 1 fully saturated rings. The van der Waals surface area contributed by atoms with E-state index in [-0.39, 0.29) is 12.0 Å². The highest BCUT2D eigenvalue weighted by molar-refractivity contribution is 5.86. The van der Waals surface area contributed by atoms with Gasteiger partial charge in [0.15, 0.2) is 0 Å². The van der Waals surface area contributed by atoms with Crippen molar-refractivity contribution >= 4 is 5.78 Å². The summed E-state index contributed by atoms with van der Waals surface area (Å²) < 4.78 is 5.31. The number of rotatable bonds is 1. The molecule has 2 bridgehead atoms. The lowest BCUT2D eigenvalue weighted by molar-refractivity contribution is -0.120. The van der Waals surface area contributed by atoms with Gasteiger partial charge in [0.2, 0.25) is 0 Å². The monoisotopic (exact) mass is 164 g/mol. The molecule has 2 heteroatoms. The summed E-state index contributed by atoms with van der Waals surface area (Å²) in [7, 11) is 1.68. The molecule has 2 aliphatic rings. The number of ether oxygens (including phenoxy) is 1. The number of ketones is 1. The summed E-state index contributed by atoms with van der Waals surface area (Å²) in [6, 6.07) is 0. The third-order valence-corrected chi connectivity index (χ3v) is 2.64. The second-order valence-corrected chi connectivity index (χ2v) is 3.33. The van der Waals surface area contributed by atoms with Crippen molar-refractivity contribution in [2.45, 2.75) is 12.5 Å². The van der Waals surface area contributed by atoms with Gasteiger partial charge in [0, 0.05) is 19.4 Å². The molecule has 0 radical (unpaired) electrons. The maximum Gasteiger partial charge on any atom is 0.143 e. The lowest BCUT2D eigenvalue weighted by atomic mass is 10.0. The molecule has 0 aromatic heterocycles. The van der Waals surface area contributed by atoms with Crippen LogP contribution in [0.4, 0.5) is 0 Å². The highest BCUT2D eigenvalue weighted by atomic mass is 16.5. The Balaban J connectivity index is 2.31. The van der Waals surface area contributed by atoms with Gasteiger partial charge in [-0.25, -0.2) is 0 Å². The Hall–Kier alpha value is -0.890. The lowest BCUT2D eigenvalue weighted by Crippen LogP contribution is -2.22. The van der Waals surface area contributed by atoms with E-state index in [1.807, 2.05) is 18.2 Å². The Kier molecular flexibility index (Phi) is 1.85. The number of carbonyl (C=O) groups is 1. The van der Waals surface area contributed by atoms with Crippen molar-refractivity contribution in [2.24, 2.45) is 11.8 Å². The first-order valence-corrected chi connectivity index (χ1v) is 4.23. The fourth-order valence-corrected chi connectivity index (χ4v) is 2.04. The Bertz CT molecular complexity index is 253. The van der Waals surface area contributed by atoms with Gasteiger partial charge in [0.25, 0.3) is 0 Å². The lowest BCUT2D eigenvalue weighted by Gasteiger charge is -2.16. The van der Waals surface area contributed by atoms with Crippen LogP contribution in [0.2, 0.25) is 0 Å². The number of hydrogen-bond acceptors (Lipinski definition) is 2. The van der Waals surface area contributed by atoms with Crippen LogP contribution in [0.3, 0.4) is 0 Å². The molecule has 2 rings (SSSR count). The van der Waals surface area contributed by atoms with Gasteiger partial charge in [-0.2, -0.15) is 0 Å². The summed E-state index contributed by atoms with van der Waals surface area (Å²) in [5, 5.41) is 0. The highest BCUT2D eigenvalue weighted by Gasteiger charge is 2.40. The average molecular weight is 164 g/mol. The Morgan fingerprint density at radius 1 is 1.42 bits per heavy atom. The molecule has 0 heterocycles. The zero-order chi connectivity index (χ0) is 8.55. The number of fused-ring (bicyclic) bond motifs is 2. The molecule has 0 aliphatic heterocycles. The van der Waals surface area contributed by atoms with E-state index >= 15 is 0 Å². The van der Waals surface area contributed by atoms with Crippen LogP contribution < -0.4 is 0 Å². The molecule has 1 saturated carbocycles. The van der Waals surface area contributed by atoms with E-state index in [1.165, 1.54) is 0 Å². The molecule has 0 aromatic carbocycles. The fraction of sp³-hybridized carbons (Fsp3) is 0.500. The maximum atomic E-state index is 11.4. The van der Waals surface area contributed by atoms with Gasteiger partial charge in [-0.1, -0.05) is 24.3 Å². The molecule has 0 amide bonds. The summed E-state index contributed by atoms with van der Waals surface area (Å²) in [5.74, 6) is 0.602. The molecule has 2 aliphatic carbocycles. The van der Waals surface area contributed by atoms with Crippen molar-refractivity contribution in [2.75, 3.05) is 7.11 Å². The average Bonchev–Trinajstić information content (AvgIpc) is 2.25.